The first-order chi connectivity index (χ1) is 12.1. The van der Waals surface area contributed by atoms with Crippen LogP contribution in [0.5, 0.6) is 0 Å². The van der Waals surface area contributed by atoms with Crippen LogP contribution in [0, 0.1) is 0 Å². The van der Waals surface area contributed by atoms with Gasteiger partial charge in [-0.2, -0.15) is 0 Å². The first-order valence-electron chi connectivity index (χ1n) is 9.16. The van der Waals surface area contributed by atoms with E-state index in [-0.39, 0.29) is 18.0 Å². The van der Waals surface area contributed by atoms with E-state index in [4.69, 9.17) is 4.74 Å². The molecule has 0 unspecified atom stereocenters. The monoisotopic (exact) mass is 365 g/mol. The number of amides is 2. The quantitative estimate of drug-likeness (QED) is 0.803. The van der Waals surface area contributed by atoms with Gasteiger partial charge in [0, 0.05) is 24.0 Å². The van der Waals surface area contributed by atoms with Crippen molar-refractivity contribution in [3.63, 3.8) is 0 Å². The third-order valence-electron chi connectivity index (χ3n) is 4.89. The lowest BCUT2D eigenvalue weighted by Gasteiger charge is -2.23. The van der Waals surface area contributed by atoms with Crippen LogP contribution in [0.4, 0.5) is 9.80 Å². The molecule has 2 heterocycles. The topological polar surface area (TPSA) is 70.7 Å². The maximum Gasteiger partial charge on any atom is 0.341 e. The molecule has 1 aromatic heterocycles. The Morgan fingerprint density at radius 3 is 2.76 bits per heavy atom. The molecule has 1 aliphatic heterocycles. The van der Waals surface area contributed by atoms with E-state index in [2.05, 4.69) is 22.6 Å². The van der Waals surface area contributed by atoms with Gasteiger partial charge in [0.2, 0.25) is 0 Å². The van der Waals surface area contributed by atoms with Crippen molar-refractivity contribution in [1.82, 2.24) is 10.2 Å². The maximum absolute atomic E-state index is 12.5. The predicted molar refractivity (Wildman–Crippen MR) is 99.3 cm³/mol. The van der Waals surface area contributed by atoms with Crippen LogP contribution in [-0.2, 0) is 17.7 Å². The van der Waals surface area contributed by atoms with Gasteiger partial charge in [-0.3, -0.25) is 5.32 Å². The normalized spacial score (nSPS) is 18.5. The van der Waals surface area contributed by atoms with Crippen molar-refractivity contribution in [2.24, 2.45) is 0 Å². The highest BCUT2D eigenvalue weighted by Crippen LogP contribution is 2.37. The summed E-state index contributed by atoms with van der Waals surface area (Å²) in [5.74, 6) is -0.336. The smallest absolute Gasteiger partial charge is 0.341 e. The Kier molecular flexibility index (Phi) is 5.96. The van der Waals surface area contributed by atoms with Crippen molar-refractivity contribution in [3.8, 4) is 0 Å². The lowest BCUT2D eigenvalue weighted by Crippen LogP contribution is -2.39. The summed E-state index contributed by atoms with van der Waals surface area (Å²) in [5, 5.41) is 6.58. The molecular formula is C18H27N3O3S. The first kappa shape index (κ1) is 18.2. The molecule has 1 fully saturated rings. The summed E-state index contributed by atoms with van der Waals surface area (Å²) >= 11 is 1.50. The van der Waals surface area contributed by atoms with Crippen molar-refractivity contribution >= 4 is 28.3 Å². The summed E-state index contributed by atoms with van der Waals surface area (Å²) in [5.41, 5.74) is 1.59. The van der Waals surface area contributed by atoms with Crippen LogP contribution < -0.4 is 10.6 Å². The number of carbonyl (C=O) groups is 2. The van der Waals surface area contributed by atoms with E-state index in [1.54, 1.807) is 6.92 Å². The molecule has 0 saturated heterocycles. The van der Waals surface area contributed by atoms with Crippen molar-refractivity contribution in [1.29, 1.82) is 0 Å². The first-order valence-corrected chi connectivity index (χ1v) is 9.97. The molecule has 1 saturated carbocycles. The van der Waals surface area contributed by atoms with Crippen LogP contribution in [0.25, 0.3) is 0 Å². The minimum atomic E-state index is -0.336. The lowest BCUT2D eigenvalue weighted by atomic mass is 9.96. The van der Waals surface area contributed by atoms with Crippen LogP contribution in [-0.4, -0.2) is 43.1 Å². The Morgan fingerprint density at radius 2 is 2.04 bits per heavy atom. The fourth-order valence-electron chi connectivity index (χ4n) is 3.61. The van der Waals surface area contributed by atoms with Crippen LogP contribution in [0.15, 0.2) is 0 Å². The molecule has 2 aliphatic rings. The zero-order chi connectivity index (χ0) is 17.8. The number of rotatable bonds is 4. The second-order valence-corrected chi connectivity index (χ2v) is 7.95. The number of anilines is 1. The summed E-state index contributed by atoms with van der Waals surface area (Å²) in [6.45, 7) is 3.84. The van der Waals surface area contributed by atoms with Crippen LogP contribution >= 0.6 is 11.3 Å². The fourth-order valence-corrected chi connectivity index (χ4v) is 4.92. The second-order valence-electron chi connectivity index (χ2n) is 6.85. The Hall–Kier alpha value is -1.60. The number of thiophene rings is 1. The molecule has 1 aliphatic carbocycles. The molecule has 2 amide bonds. The van der Waals surface area contributed by atoms with Gasteiger partial charge in [-0.15, -0.1) is 11.3 Å². The minimum Gasteiger partial charge on any atom is -0.462 e. The van der Waals surface area contributed by atoms with Gasteiger partial charge in [-0.1, -0.05) is 19.3 Å². The van der Waals surface area contributed by atoms with Gasteiger partial charge in [0.05, 0.1) is 12.2 Å². The number of likely N-dealkylation sites (N-methyl/N-ethyl adjacent to an activating group) is 1. The molecule has 0 bridgehead atoms. The third kappa shape index (κ3) is 4.33. The van der Waals surface area contributed by atoms with Gasteiger partial charge in [0.15, 0.2) is 0 Å². The number of nitrogens with zero attached hydrogens (tertiary/aromatic N) is 1. The zero-order valence-electron chi connectivity index (χ0n) is 15.0. The van der Waals surface area contributed by atoms with Crippen LogP contribution in [0.2, 0.25) is 0 Å². The number of ether oxygens (including phenoxy) is 1. The highest BCUT2D eigenvalue weighted by Gasteiger charge is 2.29. The van der Waals surface area contributed by atoms with Crippen molar-refractivity contribution < 1.29 is 14.3 Å². The molecule has 0 atom stereocenters. The maximum atomic E-state index is 12.5. The van der Waals surface area contributed by atoms with Gasteiger partial charge >= 0.3 is 12.0 Å². The number of urea groups is 1. The van der Waals surface area contributed by atoms with Crippen molar-refractivity contribution in [2.45, 2.75) is 58.0 Å². The van der Waals surface area contributed by atoms with Gasteiger partial charge in [0.25, 0.3) is 0 Å². The zero-order valence-corrected chi connectivity index (χ0v) is 15.8. The van der Waals surface area contributed by atoms with Gasteiger partial charge in [0.1, 0.15) is 5.00 Å². The molecule has 6 nitrogen and oxygen atoms in total. The van der Waals surface area contributed by atoms with E-state index < -0.39 is 0 Å². The Bertz CT molecular complexity index is 638. The van der Waals surface area contributed by atoms with E-state index in [9.17, 15) is 9.59 Å². The molecule has 0 aromatic carbocycles. The SMILES string of the molecule is CCOC(=O)c1c(NC(=O)NC2CCCCC2)sc2c1CCN(C)C2. The van der Waals surface area contributed by atoms with Gasteiger partial charge in [-0.25, -0.2) is 9.59 Å². The standard InChI is InChI=1S/C18H27N3O3S/c1-3-24-17(22)15-13-9-10-21(2)11-14(13)25-16(15)20-18(23)19-12-7-5-4-6-8-12/h12H,3-11H2,1-2H3,(H2,19,20,23). The molecule has 25 heavy (non-hydrogen) atoms. The summed E-state index contributed by atoms with van der Waals surface area (Å²) in [6, 6.07) is 0.0184. The average Bonchev–Trinajstić information content (AvgIpc) is 2.92. The van der Waals surface area contributed by atoms with Crippen molar-refractivity contribution in [2.75, 3.05) is 25.5 Å². The molecular weight excluding hydrogens is 338 g/mol. The van der Waals surface area contributed by atoms with Crippen LogP contribution in [0.1, 0.15) is 59.8 Å². The highest BCUT2D eigenvalue weighted by atomic mass is 32.1. The summed E-state index contributed by atoms with van der Waals surface area (Å²) < 4.78 is 5.23. The summed E-state index contributed by atoms with van der Waals surface area (Å²) in [6.07, 6.45) is 6.45. The lowest BCUT2D eigenvalue weighted by molar-refractivity contribution is 0.0526. The molecule has 7 heteroatoms. The van der Waals surface area contributed by atoms with Crippen LogP contribution in [0.3, 0.4) is 0 Å². The number of hydrogen-bond donors (Lipinski definition) is 2. The van der Waals surface area contributed by atoms with Crippen molar-refractivity contribution in [3.05, 3.63) is 16.0 Å². The Morgan fingerprint density at radius 1 is 1.28 bits per heavy atom. The van der Waals surface area contributed by atoms with Gasteiger partial charge < -0.3 is 15.0 Å². The number of carbonyl (C=O) groups excluding carboxylic acids is 2. The predicted octanol–water partition coefficient (Wildman–Crippen LogP) is 3.37. The molecule has 1 aromatic rings. The van der Waals surface area contributed by atoms with E-state index >= 15 is 0 Å². The average molecular weight is 365 g/mol. The molecule has 0 spiro atoms. The minimum absolute atomic E-state index is 0.218. The number of esters is 1. The van der Waals surface area contributed by atoms with E-state index in [1.807, 2.05) is 0 Å². The molecule has 2 N–H and O–H groups in total. The Balaban J connectivity index is 1.77. The molecule has 3 rings (SSSR count). The molecule has 0 radical (unpaired) electrons. The van der Waals surface area contributed by atoms with E-state index in [1.165, 1.54) is 30.6 Å². The summed E-state index contributed by atoms with van der Waals surface area (Å²) in [4.78, 5) is 28.2. The number of hydrogen-bond acceptors (Lipinski definition) is 5. The third-order valence-corrected chi connectivity index (χ3v) is 6.03. The summed E-state index contributed by atoms with van der Waals surface area (Å²) in [7, 11) is 2.07. The number of fused-ring (bicyclic) bond motifs is 1. The largest absolute Gasteiger partial charge is 0.462 e. The highest BCUT2D eigenvalue weighted by molar-refractivity contribution is 7.17. The molecule has 138 valence electrons. The van der Waals surface area contributed by atoms with Gasteiger partial charge in [-0.05, 0) is 38.8 Å². The van der Waals surface area contributed by atoms with E-state index in [0.717, 1.165) is 42.8 Å². The second kappa shape index (κ2) is 8.19. The van der Waals surface area contributed by atoms with E-state index in [0.29, 0.717) is 17.2 Å². The number of nitrogens with one attached hydrogen (secondary N) is 2. The fraction of sp³-hybridized carbons (Fsp3) is 0.667. The Labute approximate surface area is 152 Å².